The van der Waals surface area contributed by atoms with Crippen molar-refractivity contribution in [3.63, 3.8) is 0 Å². The van der Waals surface area contributed by atoms with Crippen molar-refractivity contribution in [1.82, 2.24) is 9.80 Å². The van der Waals surface area contributed by atoms with Crippen molar-refractivity contribution in [3.8, 4) is 0 Å². The fraction of sp³-hybridized carbons (Fsp3) is 0.857. The summed E-state index contributed by atoms with van der Waals surface area (Å²) in [6.45, 7) is 6.41. The lowest BCUT2D eigenvalue weighted by Gasteiger charge is -2.37. The molecule has 2 aliphatic rings. The summed E-state index contributed by atoms with van der Waals surface area (Å²) in [5.74, 6) is 1.45. The molecule has 4 nitrogen and oxygen atoms in total. The lowest BCUT2D eigenvalue weighted by atomic mass is 9.82. The van der Waals surface area contributed by atoms with E-state index in [4.69, 9.17) is 18.0 Å². The molecule has 0 spiro atoms. The normalized spacial score (nSPS) is 29.2. The highest BCUT2D eigenvalue weighted by Gasteiger charge is 2.29. The summed E-state index contributed by atoms with van der Waals surface area (Å²) in [7, 11) is 0. The topological polar surface area (TPSA) is 49.6 Å². The Morgan fingerprint density at radius 2 is 1.74 bits per heavy atom. The number of carbonyl (C=O) groups excluding carboxylic acids is 1. The lowest BCUT2D eigenvalue weighted by Crippen LogP contribution is -2.52. The van der Waals surface area contributed by atoms with Crippen LogP contribution in [0.5, 0.6) is 0 Å². The van der Waals surface area contributed by atoms with Gasteiger partial charge in [-0.15, -0.1) is 0 Å². The van der Waals surface area contributed by atoms with E-state index in [1.54, 1.807) is 0 Å². The molecule has 1 saturated carbocycles. The number of piperazine rings is 1. The molecule has 0 bridgehead atoms. The summed E-state index contributed by atoms with van der Waals surface area (Å²) < 4.78 is 0. The van der Waals surface area contributed by atoms with Crippen LogP contribution in [0.25, 0.3) is 0 Å². The van der Waals surface area contributed by atoms with Gasteiger partial charge in [-0.25, -0.2) is 0 Å². The smallest absolute Gasteiger partial charge is 0.225 e. The van der Waals surface area contributed by atoms with Crippen molar-refractivity contribution in [2.24, 2.45) is 17.6 Å². The van der Waals surface area contributed by atoms with Crippen LogP contribution in [0.2, 0.25) is 0 Å². The van der Waals surface area contributed by atoms with Gasteiger partial charge in [-0.1, -0.05) is 19.1 Å². The minimum atomic E-state index is 0.276. The second kappa shape index (κ2) is 6.66. The first kappa shape index (κ1) is 14.7. The first-order valence-corrected chi connectivity index (χ1v) is 7.76. The molecule has 0 aromatic carbocycles. The summed E-state index contributed by atoms with van der Waals surface area (Å²) in [6, 6.07) is 0. The standard InChI is InChI=1S/C14H25N3OS/c1-11-2-4-12(5-3-11)14(18)17-8-6-16(7-9-17)10-13(15)19/h11-12H,2-10H2,1H3,(H2,15,19). The molecule has 2 rings (SSSR count). The first-order valence-electron chi connectivity index (χ1n) is 7.35. The van der Waals surface area contributed by atoms with Crippen LogP contribution in [-0.2, 0) is 4.79 Å². The number of thiocarbonyl (C=S) groups is 1. The average Bonchev–Trinajstić information content (AvgIpc) is 2.39. The van der Waals surface area contributed by atoms with Gasteiger partial charge in [0.2, 0.25) is 5.91 Å². The average molecular weight is 283 g/mol. The second-order valence-electron chi connectivity index (χ2n) is 6.02. The molecule has 5 heteroatoms. The third-order valence-electron chi connectivity index (χ3n) is 4.43. The molecule has 0 unspecified atom stereocenters. The minimum absolute atomic E-state index is 0.276. The monoisotopic (exact) mass is 283 g/mol. The quantitative estimate of drug-likeness (QED) is 0.792. The van der Waals surface area contributed by atoms with Gasteiger partial charge in [0.15, 0.2) is 0 Å². The number of amides is 1. The Morgan fingerprint density at radius 1 is 1.16 bits per heavy atom. The first-order chi connectivity index (χ1) is 9.06. The Balaban J connectivity index is 1.77. The molecule has 0 atom stereocenters. The molecular weight excluding hydrogens is 258 g/mol. The van der Waals surface area contributed by atoms with Crippen LogP contribution in [0.4, 0.5) is 0 Å². The van der Waals surface area contributed by atoms with E-state index in [1.165, 1.54) is 12.8 Å². The van der Waals surface area contributed by atoms with Crippen molar-refractivity contribution in [2.75, 3.05) is 32.7 Å². The number of hydrogen-bond donors (Lipinski definition) is 1. The van der Waals surface area contributed by atoms with E-state index < -0.39 is 0 Å². The van der Waals surface area contributed by atoms with Crippen LogP contribution in [0.15, 0.2) is 0 Å². The maximum absolute atomic E-state index is 12.4. The number of nitrogens with two attached hydrogens (primary N) is 1. The highest BCUT2D eigenvalue weighted by molar-refractivity contribution is 7.80. The fourth-order valence-corrected chi connectivity index (χ4v) is 3.29. The van der Waals surface area contributed by atoms with Crippen molar-refractivity contribution in [2.45, 2.75) is 32.6 Å². The van der Waals surface area contributed by atoms with Gasteiger partial charge >= 0.3 is 0 Å². The zero-order valence-electron chi connectivity index (χ0n) is 11.8. The predicted molar refractivity (Wildman–Crippen MR) is 80.9 cm³/mol. The van der Waals surface area contributed by atoms with Crippen LogP contribution >= 0.6 is 12.2 Å². The lowest BCUT2D eigenvalue weighted by molar-refractivity contribution is -0.138. The highest BCUT2D eigenvalue weighted by atomic mass is 32.1. The molecule has 108 valence electrons. The highest BCUT2D eigenvalue weighted by Crippen LogP contribution is 2.29. The van der Waals surface area contributed by atoms with Gasteiger partial charge in [0.1, 0.15) is 0 Å². The molecule has 0 radical (unpaired) electrons. The van der Waals surface area contributed by atoms with Crippen molar-refractivity contribution >= 4 is 23.1 Å². The van der Waals surface area contributed by atoms with Gasteiger partial charge in [-0.2, -0.15) is 0 Å². The van der Waals surface area contributed by atoms with Crippen molar-refractivity contribution < 1.29 is 4.79 Å². The molecule has 1 aliphatic heterocycles. The van der Waals surface area contributed by atoms with Gasteiger partial charge in [0.05, 0.1) is 4.99 Å². The Bertz CT molecular complexity index is 332. The van der Waals surface area contributed by atoms with Crippen LogP contribution in [0.1, 0.15) is 32.6 Å². The summed E-state index contributed by atoms with van der Waals surface area (Å²) >= 11 is 4.93. The van der Waals surface area contributed by atoms with Crippen molar-refractivity contribution in [3.05, 3.63) is 0 Å². The number of hydrogen-bond acceptors (Lipinski definition) is 3. The molecule has 2 N–H and O–H groups in total. The van der Waals surface area contributed by atoms with Crippen LogP contribution in [-0.4, -0.2) is 53.4 Å². The Hall–Kier alpha value is -0.680. The Morgan fingerprint density at radius 3 is 2.26 bits per heavy atom. The molecule has 2 fully saturated rings. The van der Waals surface area contributed by atoms with Crippen LogP contribution in [0, 0.1) is 11.8 Å². The molecule has 1 aliphatic carbocycles. The minimum Gasteiger partial charge on any atom is -0.392 e. The summed E-state index contributed by atoms with van der Waals surface area (Å²) in [6.07, 6.45) is 4.57. The predicted octanol–water partition coefficient (Wildman–Crippen LogP) is 1.24. The maximum Gasteiger partial charge on any atom is 0.225 e. The number of carbonyl (C=O) groups is 1. The largest absolute Gasteiger partial charge is 0.392 e. The summed E-state index contributed by atoms with van der Waals surface area (Å²) in [5, 5.41) is 0. The zero-order valence-corrected chi connectivity index (χ0v) is 12.6. The molecule has 0 aromatic rings. The zero-order chi connectivity index (χ0) is 13.8. The maximum atomic E-state index is 12.4. The molecule has 1 amide bonds. The van der Waals surface area contributed by atoms with Crippen molar-refractivity contribution in [1.29, 1.82) is 0 Å². The Labute approximate surface area is 121 Å². The van der Waals surface area contributed by atoms with Gasteiger partial charge in [0.25, 0.3) is 0 Å². The van der Waals surface area contributed by atoms with E-state index in [1.807, 2.05) is 4.90 Å². The molecule has 19 heavy (non-hydrogen) atoms. The van der Waals surface area contributed by atoms with Crippen LogP contribution in [0.3, 0.4) is 0 Å². The molecule has 0 aromatic heterocycles. The van der Waals surface area contributed by atoms with Crippen LogP contribution < -0.4 is 5.73 Å². The third kappa shape index (κ3) is 4.14. The van der Waals surface area contributed by atoms with E-state index in [2.05, 4.69) is 11.8 Å². The van der Waals surface area contributed by atoms with E-state index >= 15 is 0 Å². The fourth-order valence-electron chi connectivity index (χ4n) is 3.11. The van der Waals surface area contributed by atoms with E-state index in [0.29, 0.717) is 17.4 Å². The molecular formula is C14H25N3OS. The Kier molecular flexibility index (Phi) is 5.16. The number of nitrogens with zero attached hydrogens (tertiary/aromatic N) is 2. The SMILES string of the molecule is CC1CCC(C(=O)N2CCN(CC(N)=S)CC2)CC1. The third-order valence-corrected chi connectivity index (χ3v) is 4.56. The van der Waals surface area contributed by atoms with E-state index in [9.17, 15) is 4.79 Å². The van der Waals surface area contributed by atoms with Gasteiger partial charge in [-0.3, -0.25) is 9.69 Å². The van der Waals surface area contributed by atoms with Gasteiger partial charge < -0.3 is 10.6 Å². The summed E-state index contributed by atoms with van der Waals surface area (Å²) in [4.78, 5) is 17.3. The summed E-state index contributed by atoms with van der Waals surface area (Å²) in [5.41, 5.74) is 5.56. The van der Waals surface area contributed by atoms with Gasteiger partial charge in [0, 0.05) is 38.6 Å². The van der Waals surface area contributed by atoms with Gasteiger partial charge in [-0.05, 0) is 31.6 Å². The molecule has 1 heterocycles. The number of rotatable bonds is 3. The van der Waals surface area contributed by atoms with E-state index in [0.717, 1.165) is 44.9 Å². The molecule has 1 saturated heterocycles. The second-order valence-corrected chi connectivity index (χ2v) is 6.55. The van der Waals surface area contributed by atoms with E-state index in [-0.39, 0.29) is 5.92 Å².